The SMILES string of the molecule is COc1ncc(C)c2nccnc12. The van der Waals surface area contributed by atoms with Crippen molar-refractivity contribution >= 4 is 11.0 Å². The van der Waals surface area contributed by atoms with Crippen LogP contribution in [0.5, 0.6) is 5.88 Å². The van der Waals surface area contributed by atoms with E-state index in [0.29, 0.717) is 11.4 Å². The molecule has 2 aromatic heterocycles. The highest BCUT2D eigenvalue weighted by Gasteiger charge is 2.06. The van der Waals surface area contributed by atoms with Crippen LogP contribution in [0.4, 0.5) is 0 Å². The molecule has 0 aromatic carbocycles. The summed E-state index contributed by atoms with van der Waals surface area (Å²) in [4.78, 5) is 12.5. The molecule has 0 radical (unpaired) electrons. The molecular weight excluding hydrogens is 166 g/mol. The van der Waals surface area contributed by atoms with E-state index in [1.807, 2.05) is 6.92 Å². The summed E-state index contributed by atoms with van der Waals surface area (Å²) < 4.78 is 5.07. The quantitative estimate of drug-likeness (QED) is 0.656. The molecule has 0 aliphatic carbocycles. The zero-order valence-electron chi connectivity index (χ0n) is 7.48. The zero-order chi connectivity index (χ0) is 9.26. The van der Waals surface area contributed by atoms with Crippen LogP contribution < -0.4 is 4.74 Å². The van der Waals surface area contributed by atoms with Crippen LogP contribution >= 0.6 is 0 Å². The Balaban J connectivity index is 2.84. The van der Waals surface area contributed by atoms with Crippen LogP contribution in [0.25, 0.3) is 11.0 Å². The largest absolute Gasteiger partial charge is 0.479 e. The number of hydrogen-bond acceptors (Lipinski definition) is 4. The van der Waals surface area contributed by atoms with E-state index in [-0.39, 0.29) is 0 Å². The molecule has 2 rings (SSSR count). The molecule has 0 fully saturated rings. The summed E-state index contributed by atoms with van der Waals surface area (Å²) in [7, 11) is 1.58. The first-order chi connectivity index (χ1) is 6.33. The van der Waals surface area contributed by atoms with Gasteiger partial charge in [-0.25, -0.2) is 9.97 Å². The molecule has 0 atom stereocenters. The molecule has 0 amide bonds. The lowest BCUT2D eigenvalue weighted by molar-refractivity contribution is 0.402. The molecule has 0 N–H and O–H groups in total. The Kier molecular flexibility index (Phi) is 1.81. The molecule has 66 valence electrons. The van der Waals surface area contributed by atoms with Gasteiger partial charge in [0.25, 0.3) is 0 Å². The smallest absolute Gasteiger partial charge is 0.241 e. The summed E-state index contributed by atoms with van der Waals surface area (Å²) in [6.45, 7) is 1.95. The molecule has 0 aliphatic heterocycles. The third-order valence-electron chi connectivity index (χ3n) is 1.84. The number of aryl methyl sites for hydroxylation is 1. The first-order valence-corrected chi connectivity index (χ1v) is 3.93. The highest BCUT2D eigenvalue weighted by molar-refractivity contribution is 5.81. The van der Waals surface area contributed by atoms with E-state index < -0.39 is 0 Å². The monoisotopic (exact) mass is 175 g/mol. The van der Waals surface area contributed by atoms with Gasteiger partial charge in [0, 0.05) is 18.6 Å². The van der Waals surface area contributed by atoms with Crippen molar-refractivity contribution in [3.63, 3.8) is 0 Å². The number of ether oxygens (including phenoxy) is 1. The number of nitrogens with zero attached hydrogens (tertiary/aromatic N) is 3. The molecular formula is C9H9N3O. The predicted molar refractivity (Wildman–Crippen MR) is 48.6 cm³/mol. The fourth-order valence-electron chi connectivity index (χ4n) is 1.21. The lowest BCUT2D eigenvalue weighted by atomic mass is 10.2. The normalized spacial score (nSPS) is 10.3. The second kappa shape index (κ2) is 2.97. The van der Waals surface area contributed by atoms with Crippen LogP contribution in [0.15, 0.2) is 18.6 Å². The Morgan fingerprint density at radius 3 is 2.46 bits per heavy atom. The molecule has 0 unspecified atom stereocenters. The fraction of sp³-hybridized carbons (Fsp3) is 0.222. The van der Waals surface area contributed by atoms with Crippen molar-refractivity contribution in [2.45, 2.75) is 6.92 Å². The average molecular weight is 175 g/mol. The van der Waals surface area contributed by atoms with E-state index in [1.54, 1.807) is 25.7 Å². The zero-order valence-corrected chi connectivity index (χ0v) is 7.48. The number of methoxy groups -OCH3 is 1. The van der Waals surface area contributed by atoms with E-state index in [1.165, 1.54) is 0 Å². The van der Waals surface area contributed by atoms with Crippen LogP contribution in [0.1, 0.15) is 5.56 Å². The highest BCUT2D eigenvalue weighted by atomic mass is 16.5. The second-order valence-corrected chi connectivity index (χ2v) is 2.70. The van der Waals surface area contributed by atoms with Gasteiger partial charge in [0.2, 0.25) is 5.88 Å². The first kappa shape index (κ1) is 7.91. The minimum Gasteiger partial charge on any atom is -0.479 e. The fourth-order valence-corrected chi connectivity index (χ4v) is 1.21. The van der Waals surface area contributed by atoms with Crippen LogP contribution in [-0.4, -0.2) is 22.1 Å². The van der Waals surface area contributed by atoms with E-state index in [0.717, 1.165) is 11.1 Å². The average Bonchev–Trinajstić information content (AvgIpc) is 2.19. The van der Waals surface area contributed by atoms with Crippen LogP contribution in [0.2, 0.25) is 0 Å². The standard InChI is InChI=1S/C9H9N3O/c1-6-5-12-9(13-2)8-7(6)10-3-4-11-8/h3-5H,1-2H3. The van der Waals surface area contributed by atoms with E-state index >= 15 is 0 Å². The lowest BCUT2D eigenvalue weighted by Crippen LogP contribution is -1.94. The van der Waals surface area contributed by atoms with Crippen molar-refractivity contribution in [3.8, 4) is 5.88 Å². The summed E-state index contributed by atoms with van der Waals surface area (Å²) in [5.74, 6) is 0.522. The molecule has 0 spiro atoms. The number of aromatic nitrogens is 3. The first-order valence-electron chi connectivity index (χ1n) is 3.93. The van der Waals surface area contributed by atoms with Crippen LogP contribution in [0, 0.1) is 6.92 Å². The minimum absolute atomic E-state index is 0.522. The summed E-state index contributed by atoms with van der Waals surface area (Å²) in [6.07, 6.45) is 5.02. The number of rotatable bonds is 1. The van der Waals surface area contributed by atoms with Crippen molar-refractivity contribution in [3.05, 3.63) is 24.2 Å². The van der Waals surface area contributed by atoms with Crippen LogP contribution in [0.3, 0.4) is 0 Å². The molecule has 0 saturated heterocycles. The van der Waals surface area contributed by atoms with Crippen molar-refractivity contribution in [1.29, 1.82) is 0 Å². The Bertz CT molecular complexity index is 442. The molecule has 2 heterocycles. The summed E-state index contributed by atoms with van der Waals surface area (Å²) in [5.41, 5.74) is 2.56. The topological polar surface area (TPSA) is 47.9 Å². The van der Waals surface area contributed by atoms with Gasteiger partial charge < -0.3 is 4.74 Å². The van der Waals surface area contributed by atoms with Crippen molar-refractivity contribution < 1.29 is 4.74 Å². The van der Waals surface area contributed by atoms with Gasteiger partial charge in [-0.3, -0.25) is 4.98 Å². The van der Waals surface area contributed by atoms with Gasteiger partial charge in [-0.2, -0.15) is 0 Å². The van der Waals surface area contributed by atoms with Crippen molar-refractivity contribution in [2.75, 3.05) is 7.11 Å². The maximum atomic E-state index is 5.07. The Morgan fingerprint density at radius 1 is 1.08 bits per heavy atom. The lowest BCUT2D eigenvalue weighted by Gasteiger charge is -2.03. The third-order valence-corrected chi connectivity index (χ3v) is 1.84. The minimum atomic E-state index is 0.522. The van der Waals surface area contributed by atoms with Crippen molar-refractivity contribution in [2.24, 2.45) is 0 Å². The molecule has 4 heteroatoms. The number of hydrogen-bond donors (Lipinski definition) is 0. The molecule has 0 bridgehead atoms. The third kappa shape index (κ3) is 1.20. The van der Waals surface area contributed by atoms with Gasteiger partial charge in [0.15, 0.2) is 5.52 Å². The molecule has 13 heavy (non-hydrogen) atoms. The molecule has 2 aromatic rings. The summed E-state index contributed by atoms with van der Waals surface area (Å²) >= 11 is 0. The predicted octanol–water partition coefficient (Wildman–Crippen LogP) is 1.34. The maximum Gasteiger partial charge on any atom is 0.241 e. The van der Waals surface area contributed by atoms with Gasteiger partial charge >= 0.3 is 0 Å². The van der Waals surface area contributed by atoms with Gasteiger partial charge in [0.1, 0.15) is 0 Å². The van der Waals surface area contributed by atoms with Gasteiger partial charge in [-0.1, -0.05) is 0 Å². The van der Waals surface area contributed by atoms with Gasteiger partial charge in [0.05, 0.1) is 12.6 Å². The van der Waals surface area contributed by atoms with E-state index in [4.69, 9.17) is 4.74 Å². The maximum absolute atomic E-state index is 5.07. The molecule has 0 saturated carbocycles. The van der Waals surface area contributed by atoms with Crippen molar-refractivity contribution in [1.82, 2.24) is 15.0 Å². The highest BCUT2D eigenvalue weighted by Crippen LogP contribution is 2.20. The molecule has 0 aliphatic rings. The summed E-state index contributed by atoms with van der Waals surface area (Å²) in [6, 6.07) is 0. The Hall–Kier alpha value is -1.71. The van der Waals surface area contributed by atoms with E-state index in [2.05, 4.69) is 15.0 Å². The number of pyridine rings is 1. The molecule has 4 nitrogen and oxygen atoms in total. The summed E-state index contributed by atoms with van der Waals surface area (Å²) in [5, 5.41) is 0. The van der Waals surface area contributed by atoms with E-state index in [9.17, 15) is 0 Å². The van der Waals surface area contributed by atoms with Crippen LogP contribution in [-0.2, 0) is 0 Å². The Labute approximate surface area is 75.6 Å². The van der Waals surface area contributed by atoms with Gasteiger partial charge in [-0.15, -0.1) is 0 Å². The second-order valence-electron chi connectivity index (χ2n) is 2.70. The van der Waals surface area contributed by atoms with Gasteiger partial charge in [-0.05, 0) is 12.5 Å². The Morgan fingerprint density at radius 2 is 1.77 bits per heavy atom. The number of fused-ring (bicyclic) bond motifs is 1.